The van der Waals surface area contributed by atoms with Gasteiger partial charge in [-0.1, -0.05) is 40.0 Å². The van der Waals surface area contributed by atoms with Crippen molar-refractivity contribution < 1.29 is 27.8 Å². The van der Waals surface area contributed by atoms with Gasteiger partial charge in [0, 0.05) is 19.8 Å². The van der Waals surface area contributed by atoms with E-state index in [2.05, 4.69) is 20.8 Å². The molecule has 0 radical (unpaired) electrons. The Balaban J connectivity index is 4.96. The second-order valence-corrected chi connectivity index (χ2v) is 6.64. The molecule has 0 rings (SSSR count). The van der Waals surface area contributed by atoms with Crippen LogP contribution in [0, 0.1) is 0 Å². The lowest BCUT2D eigenvalue weighted by Crippen LogP contribution is -2.23. The number of rotatable bonds is 18. The van der Waals surface area contributed by atoms with E-state index in [-0.39, 0.29) is 18.9 Å². The number of hydrogen-bond acceptors (Lipinski definition) is 6. The van der Waals surface area contributed by atoms with Crippen molar-refractivity contribution in [1.29, 1.82) is 0 Å². The molecule has 152 valence electrons. The van der Waals surface area contributed by atoms with Gasteiger partial charge < -0.3 is 14.2 Å². The fourth-order valence-electron chi connectivity index (χ4n) is 2.13. The molecule has 7 heteroatoms. The molecule has 3 atom stereocenters. The van der Waals surface area contributed by atoms with Gasteiger partial charge in [-0.3, -0.25) is 13.6 Å². The molecule has 0 fully saturated rings. The third-order valence-corrected chi connectivity index (χ3v) is 4.46. The van der Waals surface area contributed by atoms with Gasteiger partial charge in [0.15, 0.2) is 18.9 Å². The zero-order valence-corrected chi connectivity index (χ0v) is 17.9. The molecular formula is C18H39O6P. The van der Waals surface area contributed by atoms with Crippen molar-refractivity contribution in [2.24, 2.45) is 0 Å². The lowest BCUT2D eigenvalue weighted by atomic mass is 10.3. The van der Waals surface area contributed by atoms with Crippen molar-refractivity contribution in [1.82, 2.24) is 0 Å². The van der Waals surface area contributed by atoms with Crippen LogP contribution in [-0.2, 0) is 27.8 Å². The van der Waals surface area contributed by atoms with Crippen molar-refractivity contribution in [3.8, 4) is 0 Å². The standard InChI is InChI=1S/C18H39O6P/c1-7-13-16(19-10-4)22-25(23-17(14-8-2)20-11-5)24-18(15-9-3)21-12-6/h16-18H,7-15H2,1-6H3. The predicted molar refractivity (Wildman–Crippen MR) is 101 cm³/mol. The lowest BCUT2D eigenvalue weighted by molar-refractivity contribution is -0.147. The highest BCUT2D eigenvalue weighted by molar-refractivity contribution is 7.41. The zero-order valence-electron chi connectivity index (χ0n) is 17.0. The SMILES string of the molecule is CCCC(OCC)OP(OC(CCC)OCC)OC(CCC)OCC. The molecule has 0 aliphatic heterocycles. The molecule has 0 spiro atoms. The molecule has 0 aliphatic rings. The Bertz CT molecular complexity index is 221. The predicted octanol–water partition coefficient (Wildman–Crippen LogP) is 5.75. The van der Waals surface area contributed by atoms with Crippen molar-refractivity contribution in [2.75, 3.05) is 19.8 Å². The summed E-state index contributed by atoms with van der Waals surface area (Å²) in [6.45, 7) is 13.9. The molecule has 0 aliphatic carbocycles. The first-order valence-electron chi connectivity index (χ1n) is 9.80. The molecule has 0 bridgehead atoms. The van der Waals surface area contributed by atoms with Crippen LogP contribution in [0.5, 0.6) is 0 Å². The first-order chi connectivity index (χ1) is 12.1. The Kier molecular flexibility index (Phi) is 17.7. The molecule has 0 aromatic rings. The lowest BCUT2D eigenvalue weighted by Gasteiger charge is -2.28. The second-order valence-electron chi connectivity index (χ2n) is 5.56. The summed E-state index contributed by atoms with van der Waals surface area (Å²) in [5, 5.41) is 0. The van der Waals surface area contributed by atoms with Gasteiger partial charge >= 0.3 is 8.60 Å². The second kappa shape index (κ2) is 17.6. The minimum Gasteiger partial charge on any atom is -0.352 e. The molecule has 0 saturated heterocycles. The first-order valence-corrected chi connectivity index (χ1v) is 10.9. The van der Waals surface area contributed by atoms with Crippen molar-refractivity contribution in [3.05, 3.63) is 0 Å². The summed E-state index contributed by atoms with van der Waals surface area (Å²) >= 11 is 0. The normalized spacial score (nSPS) is 16.6. The summed E-state index contributed by atoms with van der Waals surface area (Å²) < 4.78 is 35.1. The van der Waals surface area contributed by atoms with E-state index in [4.69, 9.17) is 27.8 Å². The van der Waals surface area contributed by atoms with E-state index in [0.29, 0.717) is 19.8 Å². The molecule has 0 heterocycles. The molecule has 0 N–H and O–H groups in total. The van der Waals surface area contributed by atoms with Crippen LogP contribution in [0.3, 0.4) is 0 Å². The van der Waals surface area contributed by atoms with Crippen LogP contribution in [0.2, 0.25) is 0 Å². The van der Waals surface area contributed by atoms with Gasteiger partial charge in [0.1, 0.15) is 0 Å². The summed E-state index contributed by atoms with van der Waals surface area (Å²) in [4.78, 5) is 0. The average Bonchev–Trinajstić information content (AvgIpc) is 2.56. The van der Waals surface area contributed by atoms with Crippen LogP contribution >= 0.6 is 8.60 Å². The monoisotopic (exact) mass is 382 g/mol. The Morgan fingerprint density at radius 3 is 1.00 bits per heavy atom. The molecule has 0 aromatic heterocycles. The minimum atomic E-state index is -1.62. The molecule has 0 aromatic carbocycles. The fraction of sp³-hybridized carbons (Fsp3) is 1.00. The van der Waals surface area contributed by atoms with E-state index < -0.39 is 8.60 Å². The molecule has 0 amide bonds. The summed E-state index contributed by atoms with van der Waals surface area (Å²) in [6, 6.07) is 0. The van der Waals surface area contributed by atoms with E-state index >= 15 is 0 Å². The van der Waals surface area contributed by atoms with Crippen molar-refractivity contribution in [3.63, 3.8) is 0 Å². The van der Waals surface area contributed by atoms with Gasteiger partial charge in [-0.2, -0.15) is 0 Å². The van der Waals surface area contributed by atoms with Gasteiger partial charge in [-0.05, 0) is 40.0 Å². The molecule has 0 saturated carbocycles. The van der Waals surface area contributed by atoms with Crippen LogP contribution in [-0.4, -0.2) is 38.7 Å². The van der Waals surface area contributed by atoms with Gasteiger partial charge in [0.05, 0.1) is 0 Å². The average molecular weight is 382 g/mol. The van der Waals surface area contributed by atoms with Crippen molar-refractivity contribution >= 4 is 8.60 Å². The fourth-order valence-corrected chi connectivity index (χ4v) is 3.35. The van der Waals surface area contributed by atoms with Gasteiger partial charge in [-0.25, -0.2) is 0 Å². The minimum absolute atomic E-state index is 0.339. The maximum Gasteiger partial charge on any atom is 0.339 e. The highest BCUT2D eigenvalue weighted by Crippen LogP contribution is 2.46. The summed E-state index contributed by atoms with van der Waals surface area (Å²) in [6.07, 6.45) is 4.24. The highest BCUT2D eigenvalue weighted by Gasteiger charge is 2.27. The van der Waals surface area contributed by atoms with Gasteiger partial charge in [-0.15, -0.1) is 0 Å². The topological polar surface area (TPSA) is 55.4 Å². The Labute approximate surface area is 155 Å². The van der Waals surface area contributed by atoms with E-state index in [1.165, 1.54) is 0 Å². The van der Waals surface area contributed by atoms with E-state index in [1.807, 2.05) is 20.8 Å². The maximum atomic E-state index is 6.02. The third kappa shape index (κ3) is 13.1. The summed E-state index contributed by atoms with van der Waals surface area (Å²) in [5.41, 5.74) is 0. The molecule has 25 heavy (non-hydrogen) atoms. The molecule has 6 nitrogen and oxygen atoms in total. The highest BCUT2D eigenvalue weighted by atomic mass is 31.2. The van der Waals surface area contributed by atoms with Crippen LogP contribution in [0.1, 0.15) is 80.1 Å². The van der Waals surface area contributed by atoms with Crippen LogP contribution in [0.15, 0.2) is 0 Å². The van der Waals surface area contributed by atoms with Gasteiger partial charge in [0.25, 0.3) is 0 Å². The summed E-state index contributed by atoms with van der Waals surface area (Å²) in [5.74, 6) is 0. The maximum absolute atomic E-state index is 6.02. The Hall–Kier alpha value is 0.190. The zero-order chi connectivity index (χ0) is 18.9. The number of hydrogen-bond donors (Lipinski definition) is 0. The van der Waals surface area contributed by atoms with E-state index in [0.717, 1.165) is 38.5 Å². The van der Waals surface area contributed by atoms with Gasteiger partial charge in [0.2, 0.25) is 0 Å². The third-order valence-electron chi connectivity index (χ3n) is 3.24. The Morgan fingerprint density at radius 1 is 0.520 bits per heavy atom. The smallest absolute Gasteiger partial charge is 0.339 e. The van der Waals surface area contributed by atoms with Crippen molar-refractivity contribution in [2.45, 2.75) is 98.9 Å². The summed E-state index contributed by atoms with van der Waals surface area (Å²) in [7, 11) is -1.62. The molecule has 3 unspecified atom stereocenters. The Morgan fingerprint density at radius 2 is 0.800 bits per heavy atom. The van der Waals surface area contributed by atoms with Crippen LogP contribution < -0.4 is 0 Å². The molecular weight excluding hydrogens is 343 g/mol. The number of ether oxygens (including phenoxy) is 3. The largest absolute Gasteiger partial charge is 0.352 e. The van der Waals surface area contributed by atoms with E-state index in [9.17, 15) is 0 Å². The van der Waals surface area contributed by atoms with Crippen LogP contribution in [0.4, 0.5) is 0 Å². The van der Waals surface area contributed by atoms with E-state index in [1.54, 1.807) is 0 Å². The quantitative estimate of drug-likeness (QED) is 0.222. The van der Waals surface area contributed by atoms with Crippen LogP contribution in [0.25, 0.3) is 0 Å². The first kappa shape index (κ1) is 25.2.